The van der Waals surface area contributed by atoms with E-state index in [2.05, 4.69) is 27.8 Å². The van der Waals surface area contributed by atoms with Gasteiger partial charge in [-0.1, -0.05) is 17.7 Å². The van der Waals surface area contributed by atoms with Crippen LogP contribution in [-0.2, 0) is 13.7 Å². The first kappa shape index (κ1) is 20.2. The third-order valence-corrected chi connectivity index (χ3v) is 4.71. The van der Waals surface area contributed by atoms with Gasteiger partial charge in [0, 0.05) is 18.0 Å². The fourth-order valence-corrected chi connectivity index (χ4v) is 2.93. The van der Waals surface area contributed by atoms with Crippen LogP contribution in [0.25, 0.3) is 5.69 Å². The highest BCUT2D eigenvalue weighted by Gasteiger charge is 2.19. The molecule has 7 nitrogen and oxygen atoms in total. The lowest BCUT2D eigenvalue weighted by Crippen LogP contribution is -2.23. The lowest BCUT2D eigenvalue weighted by molar-refractivity contribution is -0.0508. The van der Waals surface area contributed by atoms with E-state index in [1.165, 1.54) is 25.2 Å². The van der Waals surface area contributed by atoms with E-state index in [4.69, 9.17) is 16.3 Å². The van der Waals surface area contributed by atoms with E-state index in [0.717, 1.165) is 14.9 Å². The van der Waals surface area contributed by atoms with Gasteiger partial charge >= 0.3 is 12.3 Å². The zero-order valence-electron chi connectivity index (χ0n) is 14.8. The fourth-order valence-electron chi connectivity index (χ4n) is 2.52. The van der Waals surface area contributed by atoms with Crippen LogP contribution in [0.5, 0.6) is 11.5 Å². The molecule has 148 valence electrons. The predicted octanol–water partition coefficient (Wildman–Crippen LogP) is 3.40. The molecular weight excluding hydrogens is 414 g/mol. The largest absolute Gasteiger partial charge is 0.488 e. The Balaban J connectivity index is 2.03. The smallest absolute Gasteiger partial charge is 0.387 e. The third kappa shape index (κ3) is 4.12. The average molecular weight is 429 g/mol. The van der Waals surface area contributed by atoms with Gasteiger partial charge in [-0.25, -0.2) is 4.79 Å². The second kappa shape index (κ2) is 8.19. The summed E-state index contributed by atoms with van der Waals surface area (Å²) in [6, 6.07) is 7.64. The van der Waals surface area contributed by atoms with Gasteiger partial charge in [-0.15, -0.1) is 12.6 Å². The molecular formula is C17H15ClF2N4O3S. The number of hydrogen-bond acceptors (Lipinski definition) is 6. The average Bonchev–Trinajstić information content (AvgIpc) is 2.96. The molecule has 3 aromatic rings. The highest BCUT2D eigenvalue weighted by Crippen LogP contribution is 2.32. The highest BCUT2D eigenvalue weighted by molar-refractivity contribution is 7.80. The van der Waals surface area contributed by atoms with Gasteiger partial charge in [0.05, 0.1) is 16.3 Å². The number of nitrogens with zero attached hydrogens (tertiary/aromatic N) is 4. The molecule has 0 aliphatic carbocycles. The summed E-state index contributed by atoms with van der Waals surface area (Å²) in [5.74, 6) is 0.298. The third-order valence-electron chi connectivity index (χ3n) is 3.89. The summed E-state index contributed by atoms with van der Waals surface area (Å²) < 4.78 is 38.1. The highest BCUT2D eigenvalue weighted by atomic mass is 35.5. The van der Waals surface area contributed by atoms with E-state index >= 15 is 0 Å². The quantitative estimate of drug-likeness (QED) is 0.609. The van der Waals surface area contributed by atoms with E-state index in [0.29, 0.717) is 15.7 Å². The summed E-state index contributed by atoms with van der Waals surface area (Å²) in [6.45, 7) is -1.43. The molecule has 0 unspecified atom stereocenters. The molecule has 28 heavy (non-hydrogen) atoms. The fraction of sp³-hybridized carbons (Fsp3) is 0.235. The number of ether oxygens (including phenoxy) is 2. The number of aromatic nitrogens is 4. The number of hydrogen-bond donors (Lipinski definition) is 1. The Morgan fingerprint density at radius 2 is 2.00 bits per heavy atom. The summed E-state index contributed by atoms with van der Waals surface area (Å²) in [5, 5.41) is 7.77. The van der Waals surface area contributed by atoms with Crippen molar-refractivity contribution in [3.05, 3.63) is 57.0 Å². The minimum atomic E-state index is -3.05. The summed E-state index contributed by atoms with van der Waals surface area (Å²) in [7, 11) is 1.42. The molecule has 0 saturated heterocycles. The minimum Gasteiger partial charge on any atom is -0.488 e. The molecule has 11 heteroatoms. The van der Waals surface area contributed by atoms with Gasteiger partial charge in [0.2, 0.25) is 0 Å². The van der Waals surface area contributed by atoms with Crippen molar-refractivity contribution in [1.29, 1.82) is 0 Å². The zero-order chi connectivity index (χ0) is 20.4. The summed E-state index contributed by atoms with van der Waals surface area (Å²) in [6.07, 6.45) is 0. The molecule has 1 aromatic heterocycles. The van der Waals surface area contributed by atoms with Crippen molar-refractivity contribution in [2.24, 2.45) is 7.05 Å². The molecule has 0 atom stereocenters. The Morgan fingerprint density at radius 1 is 1.25 bits per heavy atom. The number of tetrazole rings is 1. The van der Waals surface area contributed by atoms with Crippen LogP contribution in [0, 0.1) is 6.92 Å². The molecule has 0 saturated carbocycles. The second-order valence-corrected chi connectivity index (χ2v) is 6.68. The Morgan fingerprint density at radius 3 is 2.64 bits per heavy atom. The first-order valence-electron chi connectivity index (χ1n) is 7.96. The topological polar surface area (TPSA) is 71.2 Å². The van der Waals surface area contributed by atoms with Crippen molar-refractivity contribution in [2.45, 2.75) is 25.0 Å². The van der Waals surface area contributed by atoms with Crippen LogP contribution in [0.1, 0.15) is 11.1 Å². The Bertz CT molecular complexity index is 1070. The molecule has 3 rings (SSSR count). The standard InChI is InChI=1S/C17H15ClF2N4O3S/c1-9-6-15(28)11(18)7-14(9)26-8-10-12(24-17(25)23(2)21-22-24)4-3-5-13(10)27-16(19)20/h3-7,16,28H,8H2,1-2H3. The number of alkyl halides is 2. The SMILES string of the molecule is Cc1cc(S)c(Cl)cc1OCc1c(OC(F)F)cccc1-n1nnn(C)c1=O. The first-order valence-corrected chi connectivity index (χ1v) is 8.78. The van der Waals surface area contributed by atoms with Crippen LogP contribution in [0.15, 0.2) is 40.0 Å². The van der Waals surface area contributed by atoms with Gasteiger partial charge in [-0.3, -0.25) is 0 Å². The molecule has 0 spiro atoms. The Hall–Kier alpha value is -2.59. The van der Waals surface area contributed by atoms with E-state index < -0.39 is 12.3 Å². The normalized spacial score (nSPS) is 11.1. The van der Waals surface area contributed by atoms with Gasteiger partial charge in [-0.2, -0.15) is 18.1 Å². The predicted molar refractivity (Wildman–Crippen MR) is 101 cm³/mol. The Labute approximate surface area is 168 Å². The first-order chi connectivity index (χ1) is 13.3. The van der Waals surface area contributed by atoms with E-state index in [-0.39, 0.29) is 23.6 Å². The minimum absolute atomic E-state index is 0.139. The summed E-state index contributed by atoms with van der Waals surface area (Å²) >= 11 is 10.3. The number of benzene rings is 2. The second-order valence-electron chi connectivity index (χ2n) is 5.79. The lowest BCUT2D eigenvalue weighted by Gasteiger charge is -2.16. The monoisotopic (exact) mass is 428 g/mol. The zero-order valence-corrected chi connectivity index (χ0v) is 16.4. The van der Waals surface area contributed by atoms with Gasteiger partial charge < -0.3 is 9.47 Å². The molecule has 0 aliphatic rings. The maximum atomic E-state index is 12.9. The van der Waals surface area contributed by atoms with Crippen LogP contribution in [0.2, 0.25) is 5.02 Å². The van der Waals surface area contributed by atoms with Crippen LogP contribution in [0.4, 0.5) is 8.78 Å². The molecule has 2 aromatic carbocycles. The molecule has 0 aliphatic heterocycles. The van der Waals surface area contributed by atoms with Gasteiger partial charge in [0.25, 0.3) is 0 Å². The Kier molecular flexibility index (Phi) is 5.90. The maximum absolute atomic E-state index is 12.9. The number of rotatable bonds is 6. The molecule has 0 fully saturated rings. The number of thiol groups is 1. The van der Waals surface area contributed by atoms with Crippen molar-refractivity contribution in [2.75, 3.05) is 0 Å². The van der Waals surface area contributed by atoms with Crippen molar-refractivity contribution in [3.63, 3.8) is 0 Å². The lowest BCUT2D eigenvalue weighted by atomic mass is 10.1. The van der Waals surface area contributed by atoms with Crippen LogP contribution < -0.4 is 15.2 Å². The van der Waals surface area contributed by atoms with Crippen molar-refractivity contribution in [1.82, 2.24) is 19.8 Å². The molecule has 0 N–H and O–H groups in total. The van der Waals surface area contributed by atoms with E-state index in [9.17, 15) is 13.6 Å². The van der Waals surface area contributed by atoms with Crippen molar-refractivity contribution < 1.29 is 18.3 Å². The number of aryl methyl sites for hydroxylation is 2. The van der Waals surface area contributed by atoms with Crippen LogP contribution in [0.3, 0.4) is 0 Å². The van der Waals surface area contributed by atoms with Gasteiger partial charge in [0.1, 0.15) is 18.1 Å². The maximum Gasteiger partial charge on any atom is 0.387 e. The van der Waals surface area contributed by atoms with Crippen molar-refractivity contribution in [3.8, 4) is 17.2 Å². The molecule has 0 radical (unpaired) electrons. The summed E-state index contributed by atoms with van der Waals surface area (Å²) in [5.41, 5.74) is 0.621. The van der Waals surface area contributed by atoms with Crippen LogP contribution in [-0.4, -0.2) is 26.4 Å². The van der Waals surface area contributed by atoms with Gasteiger partial charge in [-0.05, 0) is 41.1 Å². The summed E-state index contributed by atoms with van der Waals surface area (Å²) in [4.78, 5) is 12.8. The van der Waals surface area contributed by atoms with Crippen molar-refractivity contribution >= 4 is 24.2 Å². The van der Waals surface area contributed by atoms with E-state index in [1.54, 1.807) is 19.1 Å². The van der Waals surface area contributed by atoms with Gasteiger partial charge in [0.15, 0.2) is 0 Å². The molecule has 1 heterocycles. The number of halogens is 3. The molecule has 0 bridgehead atoms. The molecule has 0 amide bonds. The van der Waals surface area contributed by atoms with E-state index in [1.807, 2.05) is 0 Å². The van der Waals surface area contributed by atoms with Crippen LogP contribution >= 0.6 is 24.2 Å².